The van der Waals surface area contributed by atoms with Crippen LogP contribution in [0.4, 0.5) is 17.1 Å². The van der Waals surface area contributed by atoms with Crippen LogP contribution < -0.4 is 4.90 Å². The lowest BCUT2D eigenvalue weighted by Crippen LogP contribution is -2.09. The molecule has 0 amide bonds. The fourth-order valence-corrected chi connectivity index (χ4v) is 6.52. The summed E-state index contributed by atoms with van der Waals surface area (Å²) >= 11 is 0. The number of nitrogens with zero attached hydrogens (tertiary/aromatic N) is 1. The zero-order valence-electron chi connectivity index (χ0n) is 23.9. The van der Waals surface area contributed by atoms with Gasteiger partial charge in [0.2, 0.25) is 0 Å². The minimum atomic E-state index is 0.893. The third-order valence-corrected chi connectivity index (χ3v) is 8.78. The van der Waals surface area contributed by atoms with Gasteiger partial charge in [-0.25, -0.2) is 0 Å². The van der Waals surface area contributed by atoms with Gasteiger partial charge in [0.15, 0.2) is 0 Å². The van der Waals surface area contributed by atoms with Crippen molar-refractivity contribution in [2.45, 2.75) is 0 Å². The Morgan fingerprint density at radius 1 is 0.318 bits per heavy atom. The molecule has 0 radical (unpaired) electrons. The van der Waals surface area contributed by atoms with E-state index in [0.717, 1.165) is 39.0 Å². The second kappa shape index (κ2) is 9.86. The van der Waals surface area contributed by atoms with Gasteiger partial charge in [-0.1, -0.05) is 103 Å². The maximum absolute atomic E-state index is 6.34. The molecule has 1 heterocycles. The van der Waals surface area contributed by atoms with E-state index >= 15 is 0 Å². The summed E-state index contributed by atoms with van der Waals surface area (Å²) in [7, 11) is 0. The van der Waals surface area contributed by atoms with Crippen molar-refractivity contribution in [3.05, 3.63) is 164 Å². The molecule has 0 saturated heterocycles. The Kier molecular flexibility index (Phi) is 5.54. The van der Waals surface area contributed by atoms with Gasteiger partial charge in [0.05, 0.1) is 0 Å². The number of benzene rings is 8. The van der Waals surface area contributed by atoms with Crippen molar-refractivity contribution in [3.63, 3.8) is 0 Å². The number of furan rings is 1. The Hall–Kier alpha value is -5.86. The Bertz CT molecular complexity index is 2500. The van der Waals surface area contributed by atoms with Crippen molar-refractivity contribution < 1.29 is 4.42 Å². The van der Waals surface area contributed by atoms with Crippen molar-refractivity contribution in [1.29, 1.82) is 0 Å². The Morgan fingerprint density at radius 3 is 1.55 bits per heavy atom. The van der Waals surface area contributed by atoms with Gasteiger partial charge < -0.3 is 9.32 Å². The summed E-state index contributed by atoms with van der Waals surface area (Å²) in [6, 6.07) is 58.7. The average Bonchev–Trinajstić information content (AvgIpc) is 3.44. The van der Waals surface area contributed by atoms with Gasteiger partial charge >= 0.3 is 0 Å². The summed E-state index contributed by atoms with van der Waals surface area (Å²) in [4.78, 5) is 2.34. The predicted molar refractivity (Wildman–Crippen MR) is 186 cm³/mol. The van der Waals surface area contributed by atoms with E-state index in [1.54, 1.807) is 0 Å². The highest BCUT2D eigenvalue weighted by molar-refractivity contribution is 6.11. The van der Waals surface area contributed by atoms with Gasteiger partial charge in [-0.15, -0.1) is 0 Å². The zero-order valence-corrected chi connectivity index (χ0v) is 23.9. The number of rotatable bonds is 4. The van der Waals surface area contributed by atoms with Gasteiger partial charge in [-0.2, -0.15) is 0 Å². The third-order valence-electron chi connectivity index (χ3n) is 8.78. The molecule has 0 unspecified atom stereocenters. The number of hydrogen-bond donors (Lipinski definition) is 0. The van der Waals surface area contributed by atoms with Crippen LogP contribution in [0.25, 0.3) is 65.4 Å². The van der Waals surface area contributed by atoms with E-state index in [1.165, 1.54) is 43.4 Å². The Balaban J connectivity index is 1.20. The molecule has 0 aliphatic heterocycles. The highest BCUT2D eigenvalue weighted by atomic mass is 16.3. The monoisotopic (exact) mass is 561 g/mol. The lowest BCUT2D eigenvalue weighted by Gasteiger charge is -2.26. The molecule has 44 heavy (non-hydrogen) atoms. The molecular formula is C42H27NO. The highest BCUT2D eigenvalue weighted by Crippen LogP contribution is 2.41. The maximum Gasteiger partial charge on any atom is 0.136 e. The molecule has 0 aliphatic carbocycles. The summed E-state index contributed by atoms with van der Waals surface area (Å²) < 4.78 is 6.34. The number of anilines is 3. The first-order chi connectivity index (χ1) is 21.8. The van der Waals surface area contributed by atoms with Crippen LogP contribution in [0.5, 0.6) is 0 Å². The van der Waals surface area contributed by atoms with Gasteiger partial charge in [-0.05, 0) is 104 Å². The molecule has 9 aromatic rings. The van der Waals surface area contributed by atoms with Crippen LogP contribution in [0.3, 0.4) is 0 Å². The van der Waals surface area contributed by atoms with Crippen molar-refractivity contribution in [2.24, 2.45) is 0 Å². The summed E-state index contributed by atoms with van der Waals surface area (Å²) in [5.41, 5.74) is 7.51. The molecule has 0 fully saturated rings. The Labute approximate surface area is 255 Å². The van der Waals surface area contributed by atoms with Crippen molar-refractivity contribution in [3.8, 4) is 11.1 Å². The normalized spacial score (nSPS) is 11.6. The molecule has 0 saturated carbocycles. The van der Waals surface area contributed by atoms with E-state index in [4.69, 9.17) is 4.42 Å². The standard InChI is InChI=1S/C42H27NO/c1-3-9-31-23-35(14-13-28(31)7-1)30-15-18-36(19-16-30)43(37-20-17-29-8-2-4-10-32(29)24-37)38-21-22-41-40(27-38)39-25-33-11-5-6-12-34(33)26-42(39)44-41/h1-27H. The van der Waals surface area contributed by atoms with Crippen LogP contribution in [-0.2, 0) is 0 Å². The smallest absolute Gasteiger partial charge is 0.136 e. The fourth-order valence-electron chi connectivity index (χ4n) is 6.52. The first kappa shape index (κ1) is 24.7. The number of hydrogen-bond acceptors (Lipinski definition) is 2. The lowest BCUT2D eigenvalue weighted by molar-refractivity contribution is 0.669. The van der Waals surface area contributed by atoms with Crippen LogP contribution in [0, 0.1) is 0 Å². The first-order valence-corrected chi connectivity index (χ1v) is 15.0. The van der Waals surface area contributed by atoms with E-state index in [-0.39, 0.29) is 0 Å². The van der Waals surface area contributed by atoms with Gasteiger partial charge in [0.25, 0.3) is 0 Å². The lowest BCUT2D eigenvalue weighted by atomic mass is 10.0. The highest BCUT2D eigenvalue weighted by Gasteiger charge is 2.17. The van der Waals surface area contributed by atoms with E-state index in [1.807, 2.05) is 0 Å². The SMILES string of the molecule is c1ccc2cc(-c3ccc(N(c4ccc5ccccc5c4)c4ccc5oc6cc7ccccc7cc6c5c4)cc3)ccc2c1. The molecular weight excluding hydrogens is 534 g/mol. The van der Waals surface area contributed by atoms with Crippen molar-refractivity contribution >= 4 is 71.3 Å². The molecule has 0 N–H and O–H groups in total. The largest absolute Gasteiger partial charge is 0.456 e. The van der Waals surface area contributed by atoms with E-state index in [9.17, 15) is 0 Å². The van der Waals surface area contributed by atoms with Crippen LogP contribution >= 0.6 is 0 Å². The Morgan fingerprint density at radius 2 is 0.818 bits per heavy atom. The molecule has 2 nitrogen and oxygen atoms in total. The zero-order chi connectivity index (χ0) is 29.0. The molecule has 206 valence electrons. The molecule has 1 aromatic heterocycles. The van der Waals surface area contributed by atoms with Crippen LogP contribution in [0.1, 0.15) is 0 Å². The first-order valence-electron chi connectivity index (χ1n) is 15.0. The summed E-state index contributed by atoms with van der Waals surface area (Å²) in [5.74, 6) is 0. The van der Waals surface area contributed by atoms with Crippen molar-refractivity contribution in [2.75, 3.05) is 4.90 Å². The van der Waals surface area contributed by atoms with Gasteiger partial charge in [0.1, 0.15) is 11.2 Å². The average molecular weight is 562 g/mol. The second-order valence-corrected chi connectivity index (χ2v) is 11.5. The van der Waals surface area contributed by atoms with Gasteiger partial charge in [-0.3, -0.25) is 0 Å². The summed E-state index contributed by atoms with van der Waals surface area (Å²) in [6.07, 6.45) is 0. The summed E-state index contributed by atoms with van der Waals surface area (Å²) in [6.45, 7) is 0. The van der Waals surface area contributed by atoms with Crippen LogP contribution in [0.2, 0.25) is 0 Å². The topological polar surface area (TPSA) is 16.4 Å². The van der Waals surface area contributed by atoms with Gasteiger partial charge in [0, 0.05) is 27.8 Å². The molecule has 0 bridgehead atoms. The molecule has 0 spiro atoms. The quantitative estimate of drug-likeness (QED) is 0.212. The van der Waals surface area contributed by atoms with E-state index in [0.29, 0.717) is 0 Å². The molecule has 8 aromatic carbocycles. The molecule has 2 heteroatoms. The maximum atomic E-state index is 6.34. The predicted octanol–water partition coefficient (Wildman–Crippen LogP) is 12.2. The van der Waals surface area contributed by atoms with E-state index < -0.39 is 0 Å². The molecule has 9 rings (SSSR count). The number of fused-ring (bicyclic) bond motifs is 6. The minimum absolute atomic E-state index is 0.893. The minimum Gasteiger partial charge on any atom is -0.456 e. The summed E-state index contributed by atoms with van der Waals surface area (Å²) in [5, 5.41) is 9.58. The second-order valence-electron chi connectivity index (χ2n) is 11.5. The van der Waals surface area contributed by atoms with E-state index in [2.05, 4.69) is 169 Å². The van der Waals surface area contributed by atoms with Crippen LogP contribution in [0.15, 0.2) is 168 Å². The fraction of sp³-hybridized carbons (Fsp3) is 0. The van der Waals surface area contributed by atoms with Crippen LogP contribution in [-0.4, -0.2) is 0 Å². The molecule has 0 aliphatic rings. The molecule has 0 atom stereocenters. The van der Waals surface area contributed by atoms with Crippen molar-refractivity contribution in [1.82, 2.24) is 0 Å². The third kappa shape index (κ3) is 4.11.